The van der Waals surface area contributed by atoms with E-state index in [1.54, 1.807) is 0 Å². The first kappa shape index (κ1) is 15.7. The molecule has 0 radical (unpaired) electrons. The van der Waals surface area contributed by atoms with Crippen molar-refractivity contribution in [1.82, 2.24) is 0 Å². The van der Waals surface area contributed by atoms with E-state index in [0.717, 1.165) is 12.0 Å². The van der Waals surface area contributed by atoms with Gasteiger partial charge in [-0.15, -0.1) is 0 Å². The van der Waals surface area contributed by atoms with Gasteiger partial charge < -0.3 is 5.11 Å². The fourth-order valence-electron chi connectivity index (χ4n) is 2.23. The van der Waals surface area contributed by atoms with Crippen LogP contribution in [0.1, 0.15) is 63.0 Å². The fraction of sp³-hybridized carbons (Fsp3) is 0.588. The highest BCUT2D eigenvalue weighted by molar-refractivity contribution is 5.67. The molecule has 0 aliphatic rings. The van der Waals surface area contributed by atoms with Gasteiger partial charge in [0.1, 0.15) is 0 Å². The van der Waals surface area contributed by atoms with Gasteiger partial charge in [-0.1, -0.05) is 63.3 Å². The Morgan fingerprint density at radius 3 is 2.00 bits per heavy atom. The highest BCUT2D eigenvalue weighted by atomic mass is 16.4. The van der Waals surface area contributed by atoms with Crippen LogP contribution in [0, 0.1) is 0 Å². The zero-order valence-electron chi connectivity index (χ0n) is 12.0. The van der Waals surface area contributed by atoms with Crippen molar-refractivity contribution < 1.29 is 9.90 Å². The summed E-state index contributed by atoms with van der Waals surface area (Å²) in [5.74, 6) is -0.726. The summed E-state index contributed by atoms with van der Waals surface area (Å²) in [6.07, 6.45) is 9.96. The number of unbranched alkanes of at least 4 members (excludes halogenated alkanes) is 5. The smallest absolute Gasteiger partial charge is 0.303 e. The van der Waals surface area contributed by atoms with Gasteiger partial charge in [-0.3, -0.25) is 4.79 Å². The first-order valence-electron chi connectivity index (χ1n) is 7.52. The van der Waals surface area contributed by atoms with E-state index in [1.165, 1.54) is 44.1 Å². The van der Waals surface area contributed by atoms with Gasteiger partial charge >= 0.3 is 5.97 Å². The minimum absolute atomic E-state index is 0.219. The molecule has 2 nitrogen and oxygen atoms in total. The Morgan fingerprint density at radius 2 is 1.42 bits per heavy atom. The van der Waals surface area contributed by atoms with Crippen molar-refractivity contribution in [3.05, 3.63) is 35.4 Å². The minimum atomic E-state index is -0.726. The number of benzene rings is 1. The van der Waals surface area contributed by atoms with E-state index in [0.29, 0.717) is 6.42 Å². The summed E-state index contributed by atoms with van der Waals surface area (Å²) in [6.45, 7) is 2.24. The highest BCUT2D eigenvalue weighted by Crippen LogP contribution is 2.12. The number of hydrogen-bond donors (Lipinski definition) is 1. The lowest BCUT2D eigenvalue weighted by Gasteiger charge is -2.04. The van der Waals surface area contributed by atoms with E-state index in [1.807, 2.05) is 0 Å². The van der Waals surface area contributed by atoms with E-state index in [-0.39, 0.29) is 6.42 Å². The number of carbonyl (C=O) groups is 1. The number of hydrogen-bond acceptors (Lipinski definition) is 1. The molecule has 1 rings (SSSR count). The molecule has 0 spiro atoms. The van der Waals surface area contributed by atoms with E-state index in [2.05, 4.69) is 31.2 Å². The Labute approximate surface area is 116 Å². The first-order valence-corrected chi connectivity index (χ1v) is 7.52. The second kappa shape index (κ2) is 9.60. The third-order valence-electron chi connectivity index (χ3n) is 3.47. The molecule has 0 amide bonds. The van der Waals surface area contributed by atoms with Crippen molar-refractivity contribution in [2.24, 2.45) is 0 Å². The molecule has 0 atom stereocenters. The molecule has 0 aromatic heterocycles. The third-order valence-corrected chi connectivity index (χ3v) is 3.47. The quantitative estimate of drug-likeness (QED) is 0.625. The predicted octanol–water partition coefficient (Wildman–Crippen LogP) is 4.61. The molecular formula is C17H26O2. The third kappa shape index (κ3) is 7.66. The predicted molar refractivity (Wildman–Crippen MR) is 79.5 cm³/mol. The molecule has 0 saturated heterocycles. The zero-order chi connectivity index (χ0) is 13.9. The molecule has 0 fully saturated rings. The van der Waals surface area contributed by atoms with Crippen LogP contribution in [0.3, 0.4) is 0 Å². The van der Waals surface area contributed by atoms with Gasteiger partial charge in [0.25, 0.3) is 0 Å². The van der Waals surface area contributed by atoms with Crippen molar-refractivity contribution in [2.45, 2.75) is 64.7 Å². The lowest BCUT2D eigenvalue weighted by Crippen LogP contribution is -1.97. The number of carboxylic acids is 1. The van der Waals surface area contributed by atoms with Crippen molar-refractivity contribution in [2.75, 3.05) is 0 Å². The lowest BCUT2D eigenvalue weighted by atomic mass is 10.0. The molecule has 1 N–H and O–H groups in total. The lowest BCUT2D eigenvalue weighted by molar-refractivity contribution is -0.136. The summed E-state index contributed by atoms with van der Waals surface area (Å²) in [7, 11) is 0. The second-order valence-corrected chi connectivity index (χ2v) is 5.23. The molecule has 106 valence electrons. The summed E-state index contributed by atoms with van der Waals surface area (Å²) >= 11 is 0. The summed E-state index contributed by atoms with van der Waals surface area (Å²) in [5, 5.41) is 8.63. The largest absolute Gasteiger partial charge is 0.481 e. The van der Waals surface area contributed by atoms with Gasteiger partial charge in [-0.2, -0.15) is 0 Å². The Kier molecular flexibility index (Phi) is 7.95. The average Bonchev–Trinajstić information content (AvgIpc) is 2.41. The maximum Gasteiger partial charge on any atom is 0.303 e. The van der Waals surface area contributed by atoms with Crippen LogP contribution in [0.2, 0.25) is 0 Å². The molecule has 0 heterocycles. The van der Waals surface area contributed by atoms with E-state index >= 15 is 0 Å². The standard InChI is InChI=1S/C17H26O2/c1-2-3-4-5-6-7-8-15-9-11-16(12-10-15)13-14-17(18)19/h9-12H,2-8,13-14H2,1H3,(H,18,19). The van der Waals surface area contributed by atoms with Crippen LogP contribution in [0.4, 0.5) is 0 Å². The van der Waals surface area contributed by atoms with Crippen LogP contribution in [0.25, 0.3) is 0 Å². The van der Waals surface area contributed by atoms with Crippen molar-refractivity contribution in [1.29, 1.82) is 0 Å². The van der Waals surface area contributed by atoms with Crippen LogP contribution in [-0.4, -0.2) is 11.1 Å². The average molecular weight is 262 g/mol. The van der Waals surface area contributed by atoms with Gasteiger partial charge in [-0.05, 0) is 30.4 Å². The molecule has 19 heavy (non-hydrogen) atoms. The Hall–Kier alpha value is -1.31. The van der Waals surface area contributed by atoms with Crippen LogP contribution < -0.4 is 0 Å². The SMILES string of the molecule is CCCCCCCCc1ccc(CCC(=O)O)cc1. The van der Waals surface area contributed by atoms with Crippen LogP contribution in [-0.2, 0) is 17.6 Å². The minimum Gasteiger partial charge on any atom is -0.481 e. The van der Waals surface area contributed by atoms with Gasteiger partial charge in [0, 0.05) is 6.42 Å². The number of rotatable bonds is 10. The molecule has 0 aliphatic carbocycles. The normalized spacial score (nSPS) is 10.6. The summed E-state index contributed by atoms with van der Waals surface area (Å²) in [5.41, 5.74) is 2.49. The number of carboxylic acid groups (broad SMARTS) is 1. The van der Waals surface area contributed by atoms with Gasteiger partial charge in [0.05, 0.1) is 0 Å². The van der Waals surface area contributed by atoms with Gasteiger partial charge in [0.15, 0.2) is 0 Å². The van der Waals surface area contributed by atoms with Gasteiger partial charge in [-0.25, -0.2) is 0 Å². The molecular weight excluding hydrogens is 236 g/mol. The maximum atomic E-state index is 10.5. The molecule has 1 aromatic rings. The summed E-state index contributed by atoms with van der Waals surface area (Å²) < 4.78 is 0. The van der Waals surface area contributed by atoms with Crippen LogP contribution >= 0.6 is 0 Å². The molecule has 0 aliphatic heterocycles. The fourth-order valence-corrected chi connectivity index (χ4v) is 2.23. The topological polar surface area (TPSA) is 37.3 Å². The Balaban J connectivity index is 2.19. The maximum absolute atomic E-state index is 10.5. The van der Waals surface area contributed by atoms with Gasteiger partial charge in [0.2, 0.25) is 0 Å². The number of aryl methyl sites for hydroxylation is 2. The van der Waals surface area contributed by atoms with E-state index < -0.39 is 5.97 Å². The Bertz CT molecular complexity index is 354. The Morgan fingerprint density at radius 1 is 0.895 bits per heavy atom. The molecule has 1 aromatic carbocycles. The first-order chi connectivity index (χ1) is 9.22. The monoisotopic (exact) mass is 262 g/mol. The van der Waals surface area contributed by atoms with Crippen LogP contribution in [0.15, 0.2) is 24.3 Å². The van der Waals surface area contributed by atoms with Crippen molar-refractivity contribution in [3.63, 3.8) is 0 Å². The molecule has 0 unspecified atom stereocenters. The van der Waals surface area contributed by atoms with Crippen molar-refractivity contribution >= 4 is 5.97 Å². The second-order valence-electron chi connectivity index (χ2n) is 5.23. The highest BCUT2D eigenvalue weighted by Gasteiger charge is 1.99. The molecule has 0 saturated carbocycles. The zero-order valence-corrected chi connectivity index (χ0v) is 12.0. The molecule has 0 bridgehead atoms. The molecule has 2 heteroatoms. The van der Waals surface area contributed by atoms with E-state index in [9.17, 15) is 4.79 Å². The number of aliphatic carboxylic acids is 1. The summed E-state index contributed by atoms with van der Waals surface area (Å²) in [4.78, 5) is 10.5. The van der Waals surface area contributed by atoms with E-state index in [4.69, 9.17) is 5.11 Å². The van der Waals surface area contributed by atoms with Crippen LogP contribution in [0.5, 0.6) is 0 Å². The summed E-state index contributed by atoms with van der Waals surface area (Å²) in [6, 6.07) is 8.41. The van der Waals surface area contributed by atoms with Crippen molar-refractivity contribution in [3.8, 4) is 0 Å².